The fraction of sp³-hybridized carbons (Fsp3) is 0.467. The highest BCUT2D eigenvalue weighted by Crippen LogP contribution is 2.22. The SMILES string of the molecule is CC(C)C(=O)N1CCN(C(=O)c2cc(O)cc(O)c2)CC1. The minimum Gasteiger partial charge on any atom is -0.508 e. The highest BCUT2D eigenvalue weighted by molar-refractivity contribution is 5.95. The molecule has 0 aromatic heterocycles. The predicted molar refractivity (Wildman–Crippen MR) is 77.1 cm³/mol. The van der Waals surface area contributed by atoms with Gasteiger partial charge in [-0.3, -0.25) is 9.59 Å². The molecular formula is C15H20N2O4. The van der Waals surface area contributed by atoms with Gasteiger partial charge in [-0.15, -0.1) is 0 Å². The van der Waals surface area contributed by atoms with Crippen molar-refractivity contribution in [2.75, 3.05) is 26.2 Å². The maximum atomic E-state index is 12.3. The normalized spacial score (nSPS) is 15.4. The minimum atomic E-state index is -0.252. The molecule has 6 heteroatoms. The summed E-state index contributed by atoms with van der Waals surface area (Å²) in [5, 5.41) is 18.9. The Morgan fingerprint density at radius 3 is 1.90 bits per heavy atom. The van der Waals surface area contributed by atoms with Gasteiger partial charge in [0.1, 0.15) is 11.5 Å². The molecule has 0 atom stereocenters. The number of carbonyl (C=O) groups is 2. The third-order valence-electron chi connectivity index (χ3n) is 3.52. The molecule has 2 rings (SSSR count). The number of amides is 2. The van der Waals surface area contributed by atoms with Crippen molar-refractivity contribution in [3.8, 4) is 11.5 Å². The minimum absolute atomic E-state index is 0.0460. The van der Waals surface area contributed by atoms with Crippen molar-refractivity contribution in [2.45, 2.75) is 13.8 Å². The van der Waals surface area contributed by atoms with Crippen LogP contribution < -0.4 is 0 Å². The Morgan fingerprint density at radius 1 is 0.952 bits per heavy atom. The van der Waals surface area contributed by atoms with Crippen molar-refractivity contribution in [3.05, 3.63) is 23.8 Å². The Balaban J connectivity index is 2.02. The van der Waals surface area contributed by atoms with Crippen molar-refractivity contribution < 1.29 is 19.8 Å². The first-order valence-corrected chi connectivity index (χ1v) is 6.99. The molecule has 6 nitrogen and oxygen atoms in total. The van der Waals surface area contributed by atoms with E-state index >= 15 is 0 Å². The third-order valence-corrected chi connectivity index (χ3v) is 3.52. The average molecular weight is 292 g/mol. The lowest BCUT2D eigenvalue weighted by molar-refractivity contribution is -0.135. The van der Waals surface area contributed by atoms with Crippen LogP contribution in [0, 0.1) is 5.92 Å². The molecule has 0 saturated carbocycles. The van der Waals surface area contributed by atoms with Crippen LogP contribution in [0.15, 0.2) is 18.2 Å². The Kier molecular flexibility index (Phi) is 4.35. The van der Waals surface area contributed by atoms with E-state index in [1.807, 2.05) is 13.8 Å². The number of piperazine rings is 1. The van der Waals surface area contributed by atoms with Gasteiger partial charge in [-0.2, -0.15) is 0 Å². The molecule has 0 spiro atoms. The van der Waals surface area contributed by atoms with Crippen molar-refractivity contribution >= 4 is 11.8 Å². The third kappa shape index (κ3) is 3.45. The lowest BCUT2D eigenvalue weighted by atomic mass is 10.1. The first kappa shape index (κ1) is 15.2. The number of phenolic OH excluding ortho intramolecular Hbond substituents is 2. The highest BCUT2D eigenvalue weighted by atomic mass is 16.3. The van der Waals surface area contributed by atoms with E-state index < -0.39 is 0 Å². The van der Waals surface area contributed by atoms with Crippen LogP contribution in [0.25, 0.3) is 0 Å². The zero-order chi connectivity index (χ0) is 15.6. The Hall–Kier alpha value is -2.24. The molecule has 1 fully saturated rings. The summed E-state index contributed by atoms with van der Waals surface area (Å²) in [6.45, 7) is 5.63. The zero-order valence-electron chi connectivity index (χ0n) is 12.2. The summed E-state index contributed by atoms with van der Waals surface area (Å²) < 4.78 is 0. The maximum absolute atomic E-state index is 12.3. The number of nitrogens with zero attached hydrogens (tertiary/aromatic N) is 2. The van der Waals surface area contributed by atoms with Crippen molar-refractivity contribution in [1.82, 2.24) is 9.80 Å². The zero-order valence-corrected chi connectivity index (χ0v) is 12.2. The first-order chi connectivity index (χ1) is 9.88. The fourth-order valence-electron chi connectivity index (χ4n) is 2.40. The monoisotopic (exact) mass is 292 g/mol. The fourth-order valence-corrected chi connectivity index (χ4v) is 2.40. The van der Waals surface area contributed by atoms with Crippen molar-refractivity contribution in [1.29, 1.82) is 0 Å². The first-order valence-electron chi connectivity index (χ1n) is 6.99. The summed E-state index contributed by atoms with van der Waals surface area (Å²) in [4.78, 5) is 27.6. The van der Waals surface area contributed by atoms with E-state index in [9.17, 15) is 19.8 Å². The van der Waals surface area contributed by atoms with Crippen LogP contribution in [-0.2, 0) is 4.79 Å². The highest BCUT2D eigenvalue weighted by Gasteiger charge is 2.26. The molecule has 1 aromatic rings. The largest absolute Gasteiger partial charge is 0.508 e. The van der Waals surface area contributed by atoms with Gasteiger partial charge in [0, 0.05) is 43.7 Å². The van der Waals surface area contributed by atoms with E-state index in [0.717, 1.165) is 0 Å². The standard InChI is InChI=1S/C15H20N2O4/c1-10(2)14(20)16-3-5-17(6-4-16)15(21)11-7-12(18)9-13(19)8-11/h7-10,18-19H,3-6H2,1-2H3. The smallest absolute Gasteiger partial charge is 0.254 e. The van der Waals surface area contributed by atoms with E-state index in [0.29, 0.717) is 26.2 Å². The van der Waals surface area contributed by atoms with Gasteiger partial charge in [0.25, 0.3) is 5.91 Å². The van der Waals surface area contributed by atoms with Gasteiger partial charge in [0.05, 0.1) is 0 Å². The van der Waals surface area contributed by atoms with Crippen LogP contribution in [-0.4, -0.2) is 58.0 Å². The van der Waals surface area contributed by atoms with Gasteiger partial charge in [0.15, 0.2) is 0 Å². The van der Waals surface area contributed by atoms with Crippen LogP contribution in [0.4, 0.5) is 0 Å². The van der Waals surface area contributed by atoms with Gasteiger partial charge in [-0.25, -0.2) is 0 Å². The van der Waals surface area contributed by atoms with Crippen LogP contribution in [0.2, 0.25) is 0 Å². The quantitative estimate of drug-likeness (QED) is 0.853. The molecule has 0 radical (unpaired) electrons. The molecule has 114 valence electrons. The second kappa shape index (κ2) is 6.03. The van der Waals surface area contributed by atoms with Crippen molar-refractivity contribution in [2.24, 2.45) is 5.92 Å². The van der Waals surface area contributed by atoms with Gasteiger partial charge < -0.3 is 20.0 Å². The molecule has 2 N–H and O–H groups in total. The molecule has 0 bridgehead atoms. The summed E-state index contributed by atoms with van der Waals surface area (Å²) in [6.07, 6.45) is 0. The molecule has 2 amide bonds. The average Bonchev–Trinajstić information content (AvgIpc) is 2.44. The van der Waals surface area contributed by atoms with Crippen molar-refractivity contribution in [3.63, 3.8) is 0 Å². The predicted octanol–water partition coefficient (Wildman–Crippen LogP) is 1.04. The van der Waals surface area contributed by atoms with Gasteiger partial charge in [-0.1, -0.05) is 13.8 Å². The summed E-state index contributed by atoms with van der Waals surface area (Å²) >= 11 is 0. The second-order valence-corrected chi connectivity index (χ2v) is 5.51. The molecule has 21 heavy (non-hydrogen) atoms. The van der Waals surface area contributed by atoms with Crippen LogP contribution in [0.5, 0.6) is 11.5 Å². The number of carbonyl (C=O) groups excluding carboxylic acids is 2. The van der Waals surface area contributed by atoms with Gasteiger partial charge >= 0.3 is 0 Å². The van der Waals surface area contributed by atoms with Gasteiger partial charge in [-0.05, 0) is 12.1 Å². The Morgan fingerprint density at radius 2 is 1.43 bits per heavy atom. The molecule has 1 heterocycles. The molecule has 0 aliphatic carbocycles. The summed E-state index contributed by atoms with van der Waals surface area (Å²) in [5.74, 6) is -0.496. The number of benzene rings is 1. The number of aromatic hydroxyl groups is 2. The number of hydrogen-bond donors (Lipinski definition) is 2. The summed E-state index contributed by atoms with van der Waals surface area (Å²) in [5.41, 5.74) is 0.246. The number of hydrogen-bond acceptors (Lipinski definition) is 4. The van der Waals surface area contributed by atoms with E-state index in [4.69, 9.17) is 0 Å². The van der Waals surface area contributed by atoms with E-state index in [1.54, 1.807) is 9.80 Å². The van der Waals surface area contributed by atoms with Crippen LogP contribution in [0.3, 0.4) is 0 Å². The maximum Gasteiger partial charge on any atom is 0.254 e. The molecule has 1 aliphatic rings. The Labute approximate surface area is 123 Å². The van der Waals surface area contributed by atoms with Crippen LogP contribution in [0.1, 0.15) is 24.2 Å². The number of phenols is 2. The molecular weight excluding hydrogens is 272 g/mol. The van der Waals surface area contributed by atoms with E-state index in [1.165, 1.54) is 18.2 Å². The second-order valence-electron chi connectivity index (χ2n) is 5.51. The lowest BCUT2D eigenvalue weighted by Gasteiger charge is -2.35. The van der Waals surface area contributed by atoms with E-state index in [2.05, 4.69) is 0 Å². The number of rotatable bonds is 2. The molecule has 0 unspecified atom stereocenters. The molecule has 1 saturated heterocycles. The molecule has 1 aliphatic heterocycles. The summed E-state index contributed by atoms with van der Waals surface area (Å²) in [6, 6.07) is 3.83. The van der Waals surface area contributed by atoms with Gasteiger partial charge in [0.2, 0.25) is 5.91 Å². The van der Waals surface area contributed by atoms with E-state index in [-0.39, 0.29) is 34.8 Å². The summed E-state index contributed by atoms with van der Waals surface area (Å²) in [7, 11) is 0. The van der Waals surface area contributed by atoms with Crippen LogP contribution >= 0.6 is 0 Å². The lowest BCUT2D eigenvalue weighted by Crippen LogP contribution is -2.51. The Bertz CT molecular complexity index is 528. The topological polar surface area (TPSA) is 81.1 Å². The molecule has 1 aromatic carbocycles.